The first-order chi connectivity index (χ1) is 11.2. The predicted octanol–water partition coefficient (Wildman–Crippen LogP) is 3.00. The number of nitrogens with one attached hydrogen (secondary N) is 1. The van der Waals surface area contributed by atoms with Gasteiger partial charge in [0.05, 0.1) is 29.6 Å². The highest BCUT2D eigenvalue weighted by molar-refractivity contribution is 7.92. The molecular weight excluding hydrogens is 352 g/mol. The molecule has 0 fully saturated rings. The molecule has 0 spiro atoms. The van der Waals surface area contributed by atoms with Crippen LogP contribution in [0, 0.1) is 0 Å². The van der Waals surface area contributed by atoms with Gasteiger partial charge in [0.15, 0.2) is 0 Å². The highest BCUT2D eigenvalue weighted by atomic mass is 35.5. The number of ether oxygens (including phenoxy) is 1. The molecule has 8 heteroatoms. The second kappa shape index (κ2) is 7.11. The van der Waals surface area contributed by atoms with Crippen LogP contribution in [0.3, 0.4) is 0 Å². The van der Waals surface area contributed by atoms with Crippen molar-refractivity contribution in [2.24, 2.45) is 0 Å². The van der Waals surface area contributed by atoms with Gasteiger partial charge in [-0.1, -0.05) is 11.6 Å². The second-order valence-corrected chi connectivity index (χ2v) is 7.50. The monoisotopic (exact) mass is 368 g/mol. The van der Waals surface area contributed by atoms with Gasteiger partial charge in [-0.2, -0.15) is 0 Å². The van der Waals surface area contributed by atoms with E-state index in [1.807, 2.05) is 0 Å². The van der Waals surface area contributed by atoms with Crippen LogP contribution in [-0.4, -0.2) is 34.7 Å². The molecule has 0 saturated heterocycles. The van der Waals surface area contributed by atoms with Gasteiger partial charge in [-0.05, 0) is 42.5 Å². The summed E-state index contributed by atoms with van der Waals surface area (Å²) < 4.78 is 29.2. The van der Waals surface area contributed by atoms with Crippen molar-refractivity contribution >= 4 is 38.9 Å². The number of rotatable bonds is 5. The predicted molar refractivity (Wildman–Crippen MR) is 95.6 cm³/mol. The Morgan fingerprint density at radius 2 is 1.79 bits per heavy atom. The fraction of sp³-hybridized carbons (Fsp3) is 0.188. The molecule has 0 atom stereocenters. The molecule has 2 rings (SSSR count). The summed E-state index contributed by atoms with van der Waals surface area (Å²) in [6.07, 6.45) is 1.09. The highest BCUT2D eigenvalue weighted by Crippen LogP contribution is 2.25. The number of amides is 1. The van der Waals surface area contributed by atoms with Crippen molar-refractivity contribution in [3.05, 3.63) is 53.1 Å². The quantitative estimate of drug-likeness (QED) is 0.880. The molecule has 1 amide bonds. The average molecular weight is 369 g/mol. The largest absolute Gasteiger partial charge is 0.497 e. The lowest BCUT2D eigenvalue weighted by Crippen LogP contribution is -2.25. The van der Waals surface area contributed by atoms with Crippen LogP contribution in [0.25, 0.3) is 0 Å². The molecule has 0 aliphatic rings. The van der Waals surface area contributed by atoms with E-state index in [9.17, 15) is 13.2 Å². The summed E-state index contributed by atoms with van der Waals surface area (Å²) >= 11 is 6.13. The Hall–Kier alpha value is -2.25. The van der Waals surface area contributed by atoms with Gasteiger partial charge in [-0.15, -0.1) is 0 Å². The summed E-state index contributed by atoms with van der Waals surface area (Å²) in [7, 11) is -0.426. The number of hydrogen-bond acceptors (Lipinski definition) is 4. The Kier molecular flexibility index (Phi) is 5.36. The van der Waals surface area contributed by atoms with Gasteiger partial charge in [0.1, 0.15) is 5.75 Å². The van der Waals surface area contributed by atoms with Gasteiger partial charge < -0.3 is 10.1 Å². The van der Waals surface area contributed by atoms with Crippen molar-refractivity contribution in [1.29, 1.82) is 0 Å². The zero-order valence-corrected chi connectivity index (χ0v) is 15.0. The standard InChI is InChI=1S/C16H17ClN2O4S/c1-19(24(3,21)22)12-6-9-14(15(17)10-12)16(20)18-11-4-7-13(23-2)8-5-11/h4-10H,1-3H3,(H,18,20). The summed E-state index contributed by atoms with van der Waals surface area (Å²) in [5.41, 5.74) is 1.22. The van der Waals surface area contributed by atoms with Crippen molar-refractivity contribution in [2.45, 2.75) is 0 Å². The topological polar surface area (TPSA) is 75.7 Å². The van der Waals surface area contributed by atoms with E-state index in [1.165, 1.54) is 25.2 Å². The Morgan fingerprint density at radius 1 is 1.17 bits per heavy atom. The van der Waals surface area contributed by atoms with Gasteiger partial charge in [-0.3, -0.25) is 9.10 Å². The molecule has 0 aromatic heterocycles. The minimum Gasteiger partial charge on any atom is -0.497 e. The summed E-state index contributed by atoms with van der Waals surface area (Å²) in [6, 6.07) is 11.3. The molecule has 6 nitrogen and oxygen atoms in total. The Labute approximate surface area is 146 Å². The number of nitrogens with zero attached hydrogens (tertiary/aromatic N) is 1. The van der Waals surface area contributed by atoms with Crippen molar-refractivity contribution < 1.29 is 17.9 Å². The van der Waals surface area contributed by atoms with Gasteiger partial charge >= 0.3 is 0 Å². The van der Waals surface area contributed by atoms with Crippen LogP contribution in [0.15, 0.2) is 42.5 Å². The van der Waals surface area contributed by atoms with Crippen LogP contribution in [0.1, 0.15) is 10.4 Å². The van der Waals surface area contributed by atoms with Crippen LogP contribution in [-0.2, 0) is 10.0 Å². The lowest BCUT2D eigenvalue weighted by atomic mass is 10.2. The van der Waals surface area contributed by atoms with Crippen LogP contribution in [0.2, 0.25) is 5.02 Å². The summed E-state index contributed by atoms with van der Waals surface area (Å²) in [4.78, 5) is 12.3. The fourth-order valence-corrected chi connectivity index (χ4v) is 2.71. The molecule has 0 aliphatic heterocycles. The lowest BCUT2D eigenvalue weighted by molar-refractivity contribution is 0.102. The molecule has 1 N–H and O–H groups in total. The smallest absolute Gasteiger partial charge is 0.257 e. The molecule has 0 bridgehead atoms. The first-order valence-corrected chi connectivity index (χ1v) is 9.14. The minimum atomic E-state index is -3.40. The molecule has 0 heterocycles. The van der Waals surface area contributed by atoms with Crippen LogP contribution < -0.4 is 14.4 Å². The van der Waals surface area contributed by atoms with E-state index >= 15 is 0 Å². The van der Waals surface area contributed by atoms with E-state index in [-0.39, 0.29) is 10.6 Å². The maximum atomic E-state index is 12.3. The highest BCUT2D eigenvalue weighted by Gasteiger charge is 2.16. The minimum absolute atomic E-state index is 0.161. The normalized spacial score (nSPS) is 11.0. The second-order valence-electron chi connectivity index (χ2n) is 5.08. The molecule has 2 aromatic rings. The maximum absolute atomic E-state index is 12.3. The molecule has 24 heavy (non-hydrogen) atoms. The molecule has 2 aromatic carbocycles. The van der Waals surface area contributed by atoms with E-state index in [1.54, 1.807) is 31.4 Å². The van der Waals surface area contributed by atoms with E-state index < -0.39 is 15.9 Å². The van der Waals surface area contributed by atoms with Gasteiger partial charge in [-0.25, -0.2) is 8.42 Å². The molecular formula is C16H17ClN2O4S. The zero-order chi connectivity index (χ0) is 17.9. The summed E-state index contributed by atoms with van der Waals surface area (Å²) in [5.74, 6) is 0.290. The fourth-order valence-electron chi connectivity index (χ4n) is 1.95. The van der Waals surface area contributed by atoms with Crippen LogP contribution in [0.5, 0.6) is 5.75 Å². The number of carbonyl (C=O) groups is 1. The molecule has 0 aliphatic carbocycles. The van der Waals surface area contributed by atoms with Gasteiger partial charge in [0.25, 0.3) is 5.91 Å². The third-order valence-corrected chi connectivity index (χ3v) is 4.92. The molecule has 0 saturated carbocycles. The Bertz CT molecular complexity index is 851. The van der Waals surface area contributed by atoms with Crippen LogP contribution >= 0.6 is 11.6 Å². The summed E-state index contributed by atoms with van der Waals surface area (Å²) in [5, 5.41) is 2.88. The van der Waals surface area contributed by atoms with E-state index in [0.29, 0.717) is 17.1 Å². The van der Waals surface area contributed by atoms with Crippen molar-refractivity contribution in [3.8, 4) is 5.75 Å². The number of hydrogen-bond donors (Lipinski definition) is 1. The Balaban J connectivity index is 2.20. The third kappa shape index (κ3) is 4.18. The SMILES string of the molecule is COc1ccc(NC(=O)c2ccc(N(C)S(C)(=O)=O)cc2Cl)cc1. The number of benzene rings is 2. The van der Waals surface area contributed by atoms with Crippen molar-refractivity contribution in [1.82, 2.24) is 0 Å². The first-order valence-electron chi connectivity index (χ1n) is 6.91. The average Bonchev–Trinajstić information content (AvgIpc) is 2.53. The first kappa shape index (κ1) is 18.1. The maximum Gasteiger partial charge on any atom is 0.257 e. The molecule has 0 unspecified atom stereocenters. The van der Waals surface area contributed by atoms with Gasteiger partial charge in [0, 0.05) is 12.7 Å². The van der Waals surface area contributed by atoms with E-state index in [2.05, 4.69) is 5.32 Å². The van der Waals surface area contributed by atoms with E-state index in [0.717, 1.165) is 10.6 Å². The molecule has 128 valence electrons. The van der Waals surface area contributed by atoms with E-state index in [4.69, 9.17) is 16.3 Å². The number of carbonyl (C=O) groups excluding carboxylic acids is 1. The van der Waals surface area contributed by atoms with Crippen LogP contribution in [0.4, 0.5) is 11.4 Å². The Morgan fingerprint density at radius 3 is 2.29 bits per heavy atom. The number of halogens is 1. The number of methoxy groups -OCH3 is 1. The number of anilines is 2. The lowest BCUT2D eigenvalue weighted by Gasteiger charge is -2.17. The summed E-state index contributed by atoms with van der Waals surface area (Å²) in [6.45, 7) is 0. The number of sulfonamides is 1. The third-order valence-electron chi connectivity index (χ3n) is 3.41. The zero-order valence-electron chi connectivity index (χ0n) is 13.4. The van der Waals surface area contributed by atoms with Gasteiger partial charge in [0.2, 0.25) is 10.0 Å². The van der Waals surface area contributed by atoms with Crippen molar-refractivity contribution in [3.63, 3.8) is 0 Å². The molecule has 0 radical (unpaired) electrons. The van der Waals surface area contributed by atoms with Crippen molar-refractivity contribution in [2.75, 3.05) is 30.0 Å².